The molecule has 2 saturated heterocycles. The van der Waals surface area contributed by atoms with Crippen molar-refractivity contribution in [2.45, 2.75) is 25.4 Å². The molecule has 2 fully saturated rings. The van der Waals surface area contributed by atoms with Crippen molar-refractivity contribution >= 4 is 5.91 Å². The van der Waals surface area contributed by atoms with Crippen LogP contribution in [0.5, 0.6) is 0 Å². The first-order valence-corrected chi connectivity index (χ1v) is 8.74. The lowest BCUT2D eigenvalue weighted by Crippen LogP contribution is -2.64. The molecule has 0 spiro atoms. The molecule has 0 unspecified atom stereocenters. The van der Waals surface area contributed by atoms with Gasteiger partial charge >= 0.3 is 0 Å². The number of hydrogen-bond donors (Lipinski definition) is 0. The van der Waals surface area contributed by atoms with Crippen molar-refractivity contribution in [1.82, 2.24) is 14.8 Å². The number of likely N-dealkylation sites (tertiary alicyclic amines) is 2. The monoisotopic (exact) mass is 321 g/mol. The SMILES string of the molecule is O=C(Cc1cccnc1)N1CC[C@@H]2CN(Cc3ccccc3)[C@@H]2C1. The summed E-state index contributed by atoms with van der Waals surface area (Å²) >= 11 is 0. The first-order valence-electron chi connectivity index (χ1n) is 8.74. The molecule has 0 aliphatic carbocycles. The molecule has 0 bridgehead atoms. The molecule has 24 heavy (non-hydrogen) atoms. The Kier molecular flexibility index (Phi) is 4.30. The highest BCUT2D eigenvalue weighted by Gasteiger charge is 2.43. The molecule has 4 rings (SSSR count). The van der Waals surface area contributed by atoms with Gasteiger partial charge in [-0.2, -0.15) is 0 Å². The zero-order chi connectivity index (χ0) is 16.4. The Morgan fingerprint density at radius 2 is 1.92 bits per heavy atom. The fraction of sp³-hybridized carbons (Fsp3) is 0.400. The van der Waals surface area contributed by atoms with E-state index in [1.807, 2.05) is 17.0 Å². The van der Waals surface area contributed by atoms with Crippen LogP contribution >= 0.6 is 0 Å². The average Bonchev–Trinajstić information content (AvgIpc) is 2.61. The minimum absolute atomic E-state index is 0.230. The van der Waals surface area contributed by atoms with Crippen molar-refractivity contribution in [3.63, 3.8) is 0 Å². The van der Waals surface area contributed by atoms with E-state index in [4.69, 9.17) is 0 Å². The summed E-state index contributed by atoms with van der Waals surface area (Å²) < 4.78 is 0. The number of nitrogens with zero attached hydrogens (tertiary/aromatic N) is 3. The lowest BCUT2D eigenvalue weighted by molar-refractivity contribution is -0.137. The number of hydrogen-bond acceptors (Lipinski definition) is 3. The number of carbonyl (C=O) groups excluding carboxylic acids is 1. The van der Waals surface area contributed by atoms with Gasteiger partial charge in [-0.15, -0.1) is 0 Å². The number of rotatable bonds is 4. The maximum absolute atomic E-state index is 12.6. The van der Waals surface area contributed by atoms with Crippen molar-refractivity contribution in [1.29, 1.82) is 0 Å². The summed E-state index contributed by atoms with van der Waals surface area (Å²) in [4.78, 5) is 21.3. The molecule has 2 atom stereocenters. The lowest BCUT2D eigenvalue weighted by atomic mass is 9.82. The molecule has 4 nitrogen and oxygen atoms in total. The molecule has 2 aliphatic heterocycles. The highest BCUT2D eigenvalue weighted by molar-refractivity contribution is 5.78. The summed E-state index contributed by atoms with van der Waals surface area (Å²) in [6, 6.07) is 15.0. The minimum Gasteiger partial charge on any atom is -0.341 e. The first-order chi connectivity index (χ1) is 11.8. The van der Waals surface area contributed by atoms with Crippen molar-refractivity contribution in [3.05, 3.63) is 66.0 Å². The zero-order valence-corrected chi connectivity index (χ0v) is 13.8. The van der Waals surface area contributed by atoms with E-state index in [0.717, 1.165) is 37.5 Å². The predicted molar refractivity (Wildman–Crippen MR) is 93.3 cm³/mol. The first kappa shape index (κ1) is 15.3. The molecule has 4 heteroatoms. The summed E-state index contributed by atoms with van der Waals surface area (Å²) in [5.41, 5.74) is 2.36. The van der Waals surface area contributed by atoms with E-state index >= 15 is 0 Å². The van der Waals surface area contributed by atoms with Gasteiger partial charge in [0.25, 0.3) is 0 Å². The highest BCUT2D eigenvalue weighted by Crippen LogP contribution is 2.33. The second-order valence-electron chi connectivity index (χ2n) is 6.91. The van der Waals surface area contributed by atoms with Crippen LogP contribution in [0.3, 0.4) is 0 Å². The number of benzene rings is 1. The summed E-state index contributed by atoms with van der Waals surface area (Å²) in [6.07, 6.45) is 5.13. The third kappa shape index (κ3) is 3.20. The molecule has 1 aromatic heterocycles. The van der Waals surface area contributed by atoms with Crippen LogP contribution in [0.25, 0.3) is 0 Å². The van der Waals surface area contributed by atoms with Gasteiger partial charge in [0.15, 0.2) is 0 Å². The van der Waals surface area contributed by atoms with Crippen LogP contribution in [0.15, 0.2) is 54.9 Å². The van der Waals surface area contributed by atoms with E-state index in [1.165, 1.54) is 12.1 Å². The van der Waals surface area contributed by atoms with Gasteiger partial charge in [-0.05, 0) is 29.5 Å². The van der Waals surface area contributed by atoms with E-state index in [-0.39, 0.29) is 5.91 Å². The van der Waals surface area contributed by atoms with Gasteiger partial charge in [-0.1, -0.05) is 36.4 Å². The van der Waals surface area contributed by atoms with E-state index < -0.39 is 0 Å². The number of pyridine rings is 1. The smallest absolute Gasteiger partial charge is 0.227 e. The van der Waals surface area contributed by atoms with Crippen LogP contribution < -0.4 is 0 Å². The summed E-state index contributed by atoms with van der Waals surface area (Å²) in [5.74, 6) is 0.990. The number of aromatic nitrogens is 1. The third-order valence-electron chi connectivity index (χ3n) is 5.32. The maximum Gasteiger partial charge on any atom is 0.227 e. The van der Waals surface area contributed by atoms with Crippen LogP contribution in [-0.2, 0) is 17.8 Å². The van der Waals surface area contributed by atoms with Gasteiger partial charge < -0.3 is 4.90 Å². The Morgan fingerprint density at radius 3 is 2.71 bits per heavy atom. The van der Waals surface area contributed by atoms with E-state index in [9.17, 15) is 4.79 Å². The van der Waals surface area contributed by atoms with Crippen molar-refractivity contribution < 1.29 is 4.79 Å². The molecular weight excluding hydrogens is 298 g/mol. The Hall–Kier alpha value is -2.20. The molecule has 0 radical (unpaired) electrons. The fourth-order valence-corrected chi connectivity index (χ4v) is 3.92. The Morgan fingerprint density at radius 1 is 1.08 bits per heavy atom. The van der Waals surface area contributed by atoms with Gasteiger partial charge in [-0.25, -0.2) is 0 Å². The number of amides is 1. The predicted octanol–water partition coefficient (Wildman–Crippen LogP) is 2.36. The Balaban J connectivity index is 1.35. The third-order valence-corrected chi connectivity index (χ3v) is 5.32. The standard InChI is InChI=1S/C20H23N3O/c24-20(11-17-7-4-9-21-12-17)22-10-8-18-14-23(19(18)15-22)13-16-5-2-1-3-6-16/h1-7,9,12,18-19H,8,10-11,13-15H2/t18-,19-/m1/s1. The second-order valence-corrected chi connectivity index (χ2v) is 6.91. The normalized spacial score (nSPS) is 23.4. The van der Waals surface area contributed by atoms with Crippen molar-refractivity contribution in [2.75, 3.05) is 19.6 Å². The van der Waals surface area contributed by atoms with Crippen molar-refractivity contribution in [2.24, 2.45) is 5.92 Å². The molecule has 0 saturated carbocycles. The van der Waals surface area contributed by atoms with Gasteiger partial charge in [-0.3, -0.25) is 14.7 Å². The zero-order valence-electron chi connectivity index (χ0n) is 13.8. The van der Waals surface area contributed by atoms with E-state index in [1.54, 1.807) is 12.4 Å². The molecule has 1 amide bonds. The second kappa shape index (κ2) is 6.73. The maximum atomic E-state index is 12.6. The van der Waals surface area contributed by atoms with Gasteiger partial charge in [0.05, 0.1) is 6.42 Å². The van der Waals surface area contributed by atoms with Crippen LogP contribution in [0.2, 0.25) is 0 Å². The van der Waals surface area contributed by atoms with E-state index in [0.29, 0.717) is 12.5 Å². The lowest BCUT2D eigenvalue weighted by Gasteiger charge is -2.53. The molecular formula is C20H23N3O. The van der Waals surface area contributed by atoms with Gasteiger partial charge in [0.2, 0.25) is 5.91 Å². The average molecular weight is 321 g/mol. The minimum atomic E-state index is 0.230. The van der Waals surface area contributed by atoms with Gasteiger partial charge in [0.1, 0.15) is 0 Å². The topological polar surface area (TPSA) is 36.4 Å². The Labute approximate surface area is 143 Å². The fourth-order valence-electron chi connectivity index (χ4n) is 3.92. The van der Waals surface area contributed by atoms with Crippen LogP contribution in [-0.4, -0.2) is 46.4 Å². The van der Waals surface area contributed by atoms with E-state index in [2.05, 4.69) is 40.2 Å². The number of fused-ring (bicyclic) bond motifs is 1. The summed E-state index contributed by atoms with van der Waals surface area (Å²) in [6.45, 7) is 3.94. The number of carbonyl (C=O) groups is 1. The highest BCUT2D eigenvalue weighted by atomic mass is 16.2. The molecule has 1 aromatic carbocycles. The molecule has 2 aliphatic rings. The largest absolute Gasteiger partial charge is 0.341 e. The summed E-state index contributed by atoms with van der Waals surface area (Å²) in [5, 5.41) is 0. The van der Waals surface area contributed by atoms with Gasteiger partial charge in [0, 0.05) is 44.6 Å². The summed E-state index contributed by atoms with van der Waals surface area (Å²) in [7, 11) is 0. The van der Waals surface area contributed by atoms with Crippen molar-refractivity contribution in [3.8, 4) is 0 Å². The van der Waals surface area contributed by atoms with Crippen LogP contribution in [0.1, 0.15) is 17.5 Å². The van der Waals surface area contributed by atoms with Crippen LogP contribution in [0.4, 0.5) is 0 Å². The molecule has 3 heterocycles. The quantitative estimate of drug-likeness (QED) is 0.867. The Bertz CT molecular complexity index is 689. The molecule has 2 aromatic rings. The van der Waals surface area contributed by atoms with Crippen LogP contribution in [0, 0.1) is 5.92 Å². The molecule has 0 N–H and O–H groups in total. The number of piperidine rings is 1. The molecule has 124 valence electrons.